The Labute approximate surface area is 123 Å². The fraction of sp³-hybridized carbons (Fsp3) is 0.647. The normalized spacial score (nSPS) is 20.4. The van der Waals surface area contributed by atoms with Gasteiger partial charge < -0.3 is 15.4 Å². The van der Waals surface area contributed by atoms with Crippen LogP contribution in [0.5, 0.6) is 5.75 Å². The van der Waals surface area contributed by atoms with E-state index in [9.17, 15) is 0 Å². The van der Waals surface area contributed by atoms with Crippen LogP contribution in [0.15, 0.2) is 18.2 Å². The molecule has 1 heterocycles. The van der Waals surface area contributed by atoms with Crippen molar-refractivity contribution in [3.8, 4) is 5.75 Å². The number of ether oxygens (including phenoxy) is 1. The summed E-state index contributed by atoms with van der Waals surface area (Å²) < 4.78 is 5.50. The first-order valence-electron chi connectivity index (χ1n) is 7.62. The van der Waals surface area contributed by atoms with E-state index >= 15 is 0 Å². The largest absolute Gasteiger partial charge is 0.496 e. The van der Waals surface area contributed by atoms with Gasteiger partial charge in [-0.3, -0.25) is 0 Å². The van der Waals surface area contributed by atoms with E-state index in [0.717, 1.165) is 24.4 Å². The first-order valence-corrected chi connectivity index (χ1v) is 7.62. The van der Waals surface area contributed by atoms with E-state index in [2.05, 4.69) is 30.9 Å². The monoisotopic (exact) mass is 276 g/mol. The molecule has 1 aromatic rings. The Morgan fingerprint density at radius 1 is 1.25 bits per heavy atom. The zero-order valence-corrected chi connectivity index (χ0v) is 13.3. The maximum Gasteiger partial charge on any atom is 0.125 e. The summed E-state index contributed by atoms with van der Waals surface area (Å²) in [5.74, 6) is 0.904. The summed E-state index contributed by atoms with van der Waals surface area (Å²) in [7, 11) is 1.72. The van der Waals surface area contributed by atoms with E-state index in [1.165, 1.54) is 24.9 Å². The SMILES string of the molecule is COc1cccc(N2CCCC(C)(C)CC2)c1[C@@H](C)N. The third kappa shape index (κ3) is 3.26. The highest BCUT2D eigenvalue weighted by molar-refractivity contribution is 5.60. The summed E-state index contributed by atoms with van der Waals surface area (Å²) in [6.07, 6.45) is 3.76. The van der Waals surface area contributed by atoms with E-state index in [0.29, 0.717) is 5.41 Å². The lowest BCUT2D eigenvalue weighted by Gasteiger charge is -2.28. The molecule has 1 saturated heterocycles. The van der Waals surface area contributed by atoms with Crippen LogP contribution < -0.4 is 15.4 Å². The van der Waals surface area contributed by atoms with E-state index in [4.69, 9.17) is 10.5 Å². The predicted octanol–water partition coefficient (Wildman–Crippen LogP) is 3.73. The average molecular weight is 276 g/mol. The fourth-order valence-corrected chi connectivity index (χ4v) is 3.11. The second-order valence-corrected chi connectivity index (χ2v) is 6.69. The van der Waals surface area contributed by atoms with Gasteiger partial charge in [-0.1, -0.05) is 19.9 Å². The van der Waals surface area contributed by atoms with Crippen LogP contribution in [-0.4, -0.2) is 20.2 Å². The summed E-state index contributed by atoms with van der Waals surface area (Å²) in [6, 6.07) is 6.23. The Bertz CT molecular complexity index is 454. The molecular formula is C17H28N2O. The second-order valence-electron chi connectivity index (χ2n) is 6.69. The first kappa shape index (κ1) is 15.2. The molecule has 0 radical (unpaired) electrons. The van der Waals surface area contributed by atoms with Crippen LogP contribution >= 0.6 is 0 Å². The van der Waals surface area contributed by atoms with Crippen molar-refractivity contribution in [2.24, 2.45) is 11.1 Å². The van der Waals surface area contributed by atoms with Crippen molar-refractivity contribution in [1.82, 2.24) is 0 Å². The molecule has 3 nitrogen and oxygen atoms in total. The van der Waals surface area contributed by atoms with Crippen molar-refractivity contribution in [3.05, 3.63) is 23.8 Å². The summed E-state index contributed by atoms with van der Waals surface area (Å²) in [6.45, 7) is 8.97. The maximum atomic E-state index is 6.18. The molecule has 0 aliphatic carbocycles. The average Bonchev–Trinajstić information content (AvgIpc) is 2.58. The summed E-state index contributed by atoms with van der Waals surface area (Å²) in [4.78, 5) is 2.48. The van der Waals surface area contributed by atoms with Crippen molar-refractivity contribution in [3.63, 3.8) is 0 Å². The third-order valence-corrected chi connectivity index (χ3v) is 4.40. The lowest BCUT2D eigenvalue weighted by molar-refractivity contribution is 0.325. The summed E-state index contributed by atoms with van der Waals surface area (Å²) >= 11 is 0. The lowest BCUT2D eigenvalue weighted by Crippen LogP contribution is -2.27. The minimum atomic E-state index is -0.0163. The van der Waals surface area contributed by atoms with Gasteiger partial charge in [-0.05, 0) is 43.7 Å². The van der Waals surface area contributed by atoms with Crippen LogP contribution in [0.4, 0.5) is 5.69 Å². The summed E-state index contributed by atoms with van der Waals surface area (Å²) in [5, 5.41) is 0. The van der Waals surface area contributed by atoms with E-state index < -0.39 is 0 Å². The zero-order valence-electron chi connectivity index (χ0n) is 13.3. The van der Waals surface area contributed by atoms with Crippen molar-refractivity contribution >= 4 is 5.69 Å². The molecule has 1 atom stereocenters. The van der Waals surface area contributed by atoms with Crippen LogP contribution in [-0.2, 0) is 0 Å². The number of anilines is 1. The van der Waals surface area contributed by atoms with Gasteiger partial charge in [-0.15, -0.1) is 0 Å². The highest BCUT2D eigenvalue weighted by atomic mass is 16.5. The van der Waals surface area contributed by atoms with Gasteiger partial charge in [0.2, 0.25) is 0 Å². The molecule has 0 bridgehead atoms. The Hall–Kier alpha value is -1.22. The standard InChI is InChI=1S/C17H28N2O/c1-13(18)16-14(7-5-8-15(16)20-4)19-11-6-9-17(2,3)10-12-19/h5,7-8,13H,6,9-12,18H2,1-4H3/t13-/m1/s1. The summed E-state index contributed by atoms with van der Waals surface area (Å²) in [5.41, 5.74) is 9.01. The van der Waals surface area contributed by atoms with Crippen molar-refractivity contribution in [1.29, 1.82) is 0 Å². The third-order valence-electron chi connectivity index (χ3n) is 4.40. The molecule has 1 aromatic carbocycles. The zero-order chi connectivity index (χ0) is 14.8. The van der Waals surface area contributed by atoms with Gasteiger partial charge in [-0.2, -0.15) is 0 Å². The molecule has 112 valence electrons. The molecule has 0 saturated carbocycles. The molecule has 1 aliphatic heterocycles. The quantitative estimate of drug-likeness (QED) is 0.914. The molecule has 3 heteroatoms. The number of hydrogen-bond donors (Lipinski definition) is 1. The van der Waals surface area contributed by atoms with Crippen LogP contribution in [0.1, 0.15) is 51.6 Å². The topological polar surface area (TPSA) is 38.5 Å². The minimum Gasteiger partial charge on any atom is -0.496 e. The number of nitrogens with two attached hydrogens (primary N) is 1. The van der Waals surface area contributed by atoms with Crippen molar-refractivity contribution < 1.29 is 4.74 Å². The highest BCUT2D eigenvalue weighted by Gasteiger charge is 2.25. The number of hydrogen-bond acceptors (Lipinski definition) is 3. The molecule has 0 amide bonds. The molecule has 2 rings (SSSR count). The van der Waals surface area contributed by atoms with Crippen LogP contribution in [0.2, 0.25) is 0 Å². The van der Waals surface area contributed by atoms with Crippen LogP contribution in [0.25, 0.3) is 0 Å². The van der Waals surface area contributed by atoms with E-state index in [1.807, 2.05) is 13.0 Å². The minimum absolute atomic E-state index is 0.0163. The number of methoxy groups -OCH3 is 1. The van der Waals surface area contributed by atoms with Gasteiger partial charge >= 0.3 is 0 Å². The number of rotatable bonds is 3. The van der Waals surface area contributed by atoms with Crippen molar-refractivity contribution in [2.45, 2.75) is 46.1 Å². The van der Waals surface area contributed by atoms with Gasteiger partial charge in [0.25, 0.3) is 0 Å². The Kier molecular flexibility index (Phi) is 4.59. The number of nitrogens with zero attached hydrogens (tertiary/aromatic N) is 1. The van der Waals surface area contributed by atoms with Crippen LogP contribution in [0, 0.1) is 5.41 Å². The molecule has 0 spiro atoms. The Balaban J connectivity index is 2.32. The lowest BCUT2D eigenvalue weighted by atomic mass is 9.85. The molecule has 1 fully saturated rings. The second kappa shape index (κ2) is 6.04. The van der Waals surface area contributed by atoms with Gasteiger partial charge in [0.15, 0.2) is 0 Å². The van der Waals surface area contributed by atoms with Gasteiger partial charge in [-0.25, -0.2) is 0 Å². The molecular weight excluding hydrogens is 248 g/mol. The predicted molar refractivity (Wildman–Crippen MR) is 85.4 cm³/mol. The fourth-order valence-electron chi connectivity index (χ4n) is 3.11. The Morgan fingerprint density at radius 2 is 2.00 bits per heavy atom. The highest BCUT2D eigenvalue weighted by Crippen LogP contribution is 2.37. The Morgan fingerprint density at radius 3 is 2.65 bits per heavy atom. The smallest absolute Gasteiger partial charge is 0.125 e. The maximum absolute atomic E-state index is 6.18. The molecule has 2 N–H and O–H groups in total. The number of benzene rings is 1. The van der Waals surface area contributed by atoms with Gasteiger partial charge in [0, 0.05) is 30.4 Å². The van der Waals surface area contributed by atoms with Gasteiger partial charge in [0.05, 0.1) is 7.11 Å². The van der Waals surface area contributed by atoms with E-state index in [-0.39, 0.29) is 6.04 Å². The molecule has 1 aliphatic rings. The molecule has 0 unspecified atom stereocenters. The van der Waals surface area contributed by atoms with Crippen LogP contribution in [0.3, 0.4) is 0 Å². The van der Waals surface area contributed by atoms with E-state index in [1.54, 1.807) is 7.11 Å². The van der Waals surface area contributed by atoms with Crippen molar-refractivity contribution in [2.75, 3.05) is 25.1 Å². The molecule has 20 heavy (non-hydrogen) atoms. The first-order chi connectivity index (χ1) is 9.44. The van der Waals surface area contributed by atoms with Gasteiger partial charge in [0.1, 0.15) is 5.75 Å². The molecule has 0 aromatic heterocycles.